The van der Waals surface area contributed by atoms with Gasteiger partial charge < -0.3 is 25.7 Å². The van der Waals surface area contributed by atoms with E-state index >= 15 is 0 Å². The minimum atomic E-state index is -1.39. The van der Waals surface area contributed by atoms with Crippen LogP contribution in [0.3, 0.4) is 0 Å². The third kappa shape index (κ3) is 3.37. The highest BCUT2D eigenvalue weighted by molar-refractivity contribution is 7.09. The first-order valence-electron chi connectivity index (χ1n) is 7.45. The Labute approximate surface area is 151 Å². The lowest BCUT2D eigenvalue weighted by molar-refractivity contribution is -0.113. The second-order valence-corrected chi connectivity index (χ2v) is 6.39. The van der Waals surface area contributed by atoms with Crippen LogP contribution in [0.25, 0.3) is 0 Å². The van der Waals surface area contributed by atoms with Gasteiger partial charge in [0.25, 0.3) is 0 Å². The molecule has 0 radical (unpaired) electrons. The van der Waals surface area contributed by atoms with Gasteiger partial charge in [0, 0.05) is 23.8 Å². The van der Waals surface area contributed by atoms with E-state index in [1.54, 1.807) is 12.1 Å². The third-order valence-corrected chi connectivity index (χ3v) is 4.46. The first-order valence-corrected chi connectivity index (χ1v) is 8.22. The molecule has 0 saturated carbocycles. The molecular weight excluding hydrogens is 363 g/mol. The molecule has 1 aliphatic rings. The van der Waals surface area contributed by atoms with E-state index in [1.807, 2.05) is 0 Å². The number of aromatic nitrogens is 2. The van der Waals surface area contributed by atoms with Crippen molar-refractivity contribution in [1.82, 2.24) is 9.36 Å². The van der Waals surface area contributed by atoms with Gasteiger partial charge in [-0.25, -0.2) is 4.79 Å². The van der Waals surface area contributed by atoms with Gasteiger partial charge in [-0.1, -0.05) is 17.3 Å². The number of para-hydroxylation sites is 1. The highest BCUT2D eigenvalue weighted by atomic mass is 32.1. The zero-order chi connectivity index (χ0) is 18.8. The average molecular weight is 376 g/mol. The number of carbonyl (C=O) groups excluding carboxylic acids is 1. The van der Waals surface area contributed by atoms with Crippen molar-refractivity contribution in [1.29, 1.82) is 0 Å². The van der Waals surface area contributed by atoms with Gasteiger partial charge >= 0.3 is 13.1 Å². The predicted octanol–water partition coefficient (Wildman–Crippen LogP) is 0.442. The van der Waals surface area contributed by atoms with E-state index in [4.69, 9.17) is 15.6 Å². The maximum absolute atomic E-state index is 12.4. The summed E-state index contributed by atoms with van der Waals surface area (Å²) in [5.41, 5.74) is 5.59. The van der Waals surface area contributed by atoms with Crippen molar-refractivity contribution in [3.05, 3.63) is 35.2 Å². The number of nitrogen functional groups attached to an aromatic ring is 1. The van der Waals surface area contributed by atoms with Crippen LogP contribution in [0.15, 0.2) is 23.4 Å². The zero-order valence-corrected chi connectivity index (χ0v) is 14.0. The van der Waals surface area contributed by atoms with Crippen LogP contribution in [0.2, 0.25) is 5.82 Å². The molecule has 0 aliphatic carbocycles. The van der Waals surface area contributed by atoms with E-state index in [0.717, 1.165) is 11.5 Å². The van der Waals surface area contributed by atoms with Crippen molar-refractivity contribution in [2.75, 3.05) is 5.73 Å². The molecule has 0 unspecified atom stereocenters. The number of nitrogens with zero attached hydrogens (tertiary/aromatic N) is 3. The summed E-state index contributed by atoms with van der Waals surface area (Å²) in [6.45, 7) is 0. The maximum Gasteiger partial charge on any atom is 0.526 e. The predicted molar refractivity (Wildman–Crippen MR) is 91.7 cm³/mol. The molecule has 26 heavy (non-hydrogen) atoms. The standard InChI is InChI=1S/C14H13BN4O6S/c16-14-17-12(19-26-14)10(18-24)9(20)5-7-4-6-2-1-3-8(13(21)22)11(6)25-15(7)23/h1-3,7,23-24H,4-5H2,(H,21,22)(H2,16,17,19)/b18-10+/t7-/m1/s1. The third-order valence-electron chi connectivity index (χ3n) is 3.92. The van der Waals surface area contributed by atoms with Gasteiger partial charge in [0.2, 0.25) is 5.82 Å². The van der Waals surface area contributed by atoms with Gasteiger partial charge in [0.05, 0.1) is 5.56 Å². The molecule has 0 bridgehead atoms. The highest BCUT2D eigenvalue weighted by Crippen LogP contribution is 2.36. The Bertz CT molecular complexity index is 901. The Morgan fingerprint density at radius 3 is 2.85 bits per heavy atom. The summed E-state index contributed by atoms with van der Waals surface area (Å²) < 4.78 is 9.15. The first kappa shape index (κ1) is 17.8. The van der Waals surface area contributed by atoms with Crippen LogP contribution >= 0.6 is 11.5 Å². The molecule has 134 valence electrons. The number of Topliss-reactive ketones (excluding diaryl/α,β-unsaturated/α-hetero) is 1. The monoisotopic (exact) mass is 376 g/mol. The number of rotatable bonds is 5. The summed E-state index contributed by atoms with van der Waals surface area (Å²) >= 11 is 0.850. The van der Waals surface area contributed by atoms with E-state index < -0.39 is 24.7 Å². The maximum atomic E-state index is 12.4. The molecule has 12 heteroatoms. The summed E-state index contributed by atoms with van der Waals surface area (Å²) in [5.74, 6) is -2.45. The molecule has 1 aromatic heterocycles. The van der Waals surface area contributed by atoms with E-state index in [2.05, 4.69) is 14.5 Å². The molecule has 1 aromatic carbocycles. The highest BCUT2D eigenvalue weighted by Gasteiger charge is 2.39. The van der Waals surface area contributed by atoms with Gasteiger partial charge in [-0.3, -0.25) is 4.79 Å². The van der Waals surface area contributed by atoms with E-state index in [9.17, 15) is 19.7 Å². The summed E-state index contributed by atoms with van der Waals surface area (Å²) in [5, 5.41) is 31.5. The normalized spacial score (nSPS) is 16.7. The fraction of sp³-hybridized carbons (Fsp3) is 0.214. The number of hydrogen-bond donors (Lipinski definition) is 4. The van der Waals surface area contributed by atoms with Crippen molar-refractivity contribution >= 4 is 41.2 Å². The van der Waals surface area contributed by atoms with Crippen LogP contribution in [0.4, 0.5) is 5.13 Å². The SMILES string of the molecule is Nc1nc(/C(=N/O)C(=O)C[C@H]2Cc3cccc(C(=O)O)c3OB2O)ns1. The Morgan fingerprint density at radius 1 is 1.46 bits per heavy atom. The van der Waals surface area contributed by atoms with Gasteiger partial charge in [0.15, 0.2) is 16.6 Å². The Balaban J connectivity index is 1.80. The number of anilines is 1. The molecule has 5 N–H and O–H groups in total. The number of benzene rings is 1. The lowest BCUT2D eigenvalue weighted by atomic mass is 9.64. The fourth-order valence-electron chi connectivity index (χ4n) is 2.72. The van der Waals surface area contributed by atoms with Crippen LogP contribution in [-0.4, -0.2) is 49.3 Å². The van der Waals surface area contributed by atoms with Crippen molar-refractivity contribution < 1.29 is 29.6 Å². The van der Waals surface area contributed by atoms with Crippen molar-refractivity contribution in [2.45, 2.75) is 18.7 Å². The zero-order valence-electron chi connectivity index (χ0n) is 13.2. The summed E-state index contributed by atoms with van der Waals surface area (Å²) in [6, 6.07) is 4.59. The summed E-state index contributed by atoms with van der Waals surface area (Å²) in [6.07, 6.45) is 0.00507. The molecule has 0 saturated heterocycles. The molecule has 2 heterocycles. The van der Waals surface area contributed by atoms with E-state index in [1.165, 1.54) is 6.07 Å². The van der Waals surface area contributed by atoms with Crippen LogP contribution in [0.1, 0.15) is 28.2 Å². The number of ketones is 1. The number of carboxylic acids is 1. The van der Waals surface area contributed by atoms with Gasteiger partial charge in [0.1, 0.15) is 5.75 Å². The average Bonchev–Trinajstić information content (AvgIpc) is 3.01. The second kappa shape index (κ2) is 7.10. The van der Waals surface area contributed by atoms with Crippen LogP contribution in [-0.2, 0) is 11.2 Å². The molecule has 0 spiro atoms. The molecule has 3 rings (SSSR count). The molecule has 2 aromatic rings. The number of aromatic carboxylic acids is 1. The van der Waals surface area contributed by atoms with Crippen LogP contribution < -0.4 is 10.4 Å². The number of nitrogens with two attached hydrogens (primary N) is 1. The largest absolute Gasteiger partial charge is 0.535 e. The van der Waals surface area contributed by atoms with Gasteiger partial charge in [-0.15, -0.1) is 0 Å². The van der Waals surface area contributed by atoms with E-state index in [-0.39, 0.29) is 40.8 Å². The lowest BCUT2D eigenvalue weighted by Gasteiger charge is -2.27. The smallest absolute Gasteiger partial charge is 0.526 e. The van der Waals surface area contributed by atoms with Crippen LogP contribution in [0, 0.1) is 0 Å². The van der Waals surface area contributed by atoms with Crippen LogP contribution in [0.5, 0.6) is 5.75 Å². The fourth-order valence-corrected chi connectivity index (χ4v) is 3.15. The number of carbonyl (C=O) groups is 2. The molecular formula is C14H13BN4O6S. The molecule has 0 fully saturated rings. The lowest BCUT2D eigenvalue weighted by Crippen LogP contribution is -2.37. The minimum Gasteiger partial charge on any atom is -0.535 e. The van der Waals surface area contributed by atoms with Crippen molar-refractivity contribution in [2.24, 2.45) is 5.16 Å². The first-order chi connectivity index (χ1) is 12.4. The minimum absolute atomic E-state index is 0.0638. The van der Waals surface area contributed by atoms with Gasteiger partial charge in [-0.2, -0.15) is 9.36 Å². The topological polar surface area (TPSA) is 168 Å². The number of carboxylic acid groups (broad SMARTS) is 1. The van der Waals surface area contributed by atoms with Crippen molar-refractivity contribution in [3.8, 4) is 5.75 Å². The van der Waals surface area contributed by atoms with Gasteiger partial charge in [-0.05, 0) is 18.1 Å². The molecule has 1 aliphatic heterocycles. The Hall–Kier alpha value is -2.99. The number of fused-ring (bicyclic) bond motifs is 1. The van der Waals surface area contributed by atoms with E-state index in [0.29, 0.717) is 5.56 Å². The van der Waals surface area contributed by atoms with Crippen molar-refractivity contribution in [3.63, 3.8) is 0 Å². The Kier molecular flexibility index (Phi) is 4.87. The quantitative estimate of drug-likeness (QED) is 0.250. The molecule has 1 atom stereocenters. The molecule has 0 amide bonds. The number of hydrogen-bond acceptors (Lipinski definition) is 10. The Morgan fingerprint density at radius 2 is 2.23 bits per heavy atom. The second-order valence-electron chi connectivity index (χ2n) is 5.60. The molecule has 10 nitrogen and oxygen atoms in total. The number of oxime groups is 1. The summed E-state index contributed by atoms with van der Waals surface area (Å²) in [4.78, 5) is 27.5. The summed E-state index contributed by atoms with van der Waals surface area (Å²) in [7, 11) is -1.39.